The van der Waals surface area contributed by atoms with Crippen LogP contribution in [0.25, 0.3) is 0 Å². The topological polar surface area (TPSA) is 79.2 Å². The van der Waals surface area contributed by atoms with Gasteiger partial charge in [-0.05, 0) is 58.4 Å². The minimum atomic E-state index is -0.510. The van der Waals surface area contributed by atoms with Crippen molar-refractivity contribution in [1.82, 2.24) is 20.4 Å². The van der Waals surface area contributed by atoms with Crippen molar-refractivity contribution in [3.63, 3.8) is 0 Å². The first-order chi connectivity index (χ1) is 10.3. The Bertz CT molecular complexity index is 551. The number of hydrogen-bond donors (Lipinski definition) is 3. The Morgan fingerprint density at radius 2 is 2.14 bits per heavy atom. The van der Waals surface area contributed by atoms with E-state index in [1.807, 2.05) is 39.4 Å². The van der Waals surface area contributed by atoms with Crippen molar-refractivity contribution in [2.45, 2.75) is 58.5 Å². The zero-order valence-electron chi connectivity index (χ0n) is 14.2. The molecule has 0 aliphatic heterocycles. The van der Waals surface area contributed by atoms with E-state index in [4.69, 9.17) is 0 Å². The molecule has 6 nitrogen and oxygen atoms in total. The molecule has 2 rings (SSSR count). The molecule has 124 valence electrons. The molecule has 1 fully saturated rings. The fourth-order valence-electron chi connectivity index (χ4n) is 2.98. The maximum Gasteiger partial charge on any atom is 0.315 e. The highest BCUT2D eigenvalue weighted by Crippen LogP contribution is 2.39. The number of aromatic nitrogens is 2. The number of amides is 2. The third-order valence-corrected chi connectivity index (χ3v) is 4.75. The lowest BCUT2D eigenvalue weighted by atomic mass is 9.97. The van der Waals surface area contributed by atoms with Crippen LogP contribution in [-0.2, 0) is 13.5 Å². The van der Waals surface area contributed by atoms with E-state index < -0.39 is 5.54 Å². The Kier molecular flexibility index (Phi) is 4.80. The molecule has 1 saturated carbocycles. The van der Waals surface area contributed by atoms with Crippen molar-refractivity contribution in [2.24, 2.45) is 13.0 Å². The van der Waals surface area contributed by atoms with Crippen LogP contribution < -0.4 is 10.6 Å². The molecule has 2 atom stereocenters. The molecule has 0 radical (unpaired) electrons. The van der Waals surface area contributed by atoms with Crippen LogP contribution in [0.3, 0.4) is 0 Å². The number of nitrogens with one attached hydrogen (secondary N) is 2. The number of hydrogen-bond acceptors (Lipinski definition) is 3. The maximum absolute atomic E-state index is 12.2. The van der Waals surface area contributed by atoms with Gasteiger partial charge >= 0.3 is 6.03 Å². The maximum atomic E-state index is 12.2. The van der Waals surface area contributed by atoms with E-state index in [1.54, 1.807) is 0 Å². The summed E-state index contributed by atoms with van der Waals surface area (Å²) in [5.74, 6) is 0.390. The quantitative estimate of drug-likeness (QED) is 0.744. The summed E-state index contributed by atoms with van der Waals surface area (Å²) in [5.41, 5.74) is 2.81. The number of urea groups is 1. The number of nitrogens with zero attached hydrogens (tertiary/aromatic N) is 2. The molecule has 0 bridgehead atoms. The predicted octanol–water partition coefficient (Wildman–Crippen LogP) is 1.43. The summed E-state index contributed by atoms with van der Waals surface area (Å²) in [6.45, 7) is 7.90. The van der Waals surface area contributed by atoms with Gasteiger partial charge < -0.3 is 15.7 Å². The predicted molar refractivity (Wildman–Crippen MR) is 85.7 cm³/mol. The van der Waals surface area contributed by atoms with Crippen LogP contribution in [0.15, 0.2) is 0 Å². The van der Waals surface area contributed by atoms with Crippen molar-refractivity contribution in [3.8, 4) is 0 Å². The number of rotatable bonds is 6. The fourth-order valence-corrected chi connectivity index (χ4v) is 2.98. The summed E-state index contributed by atoms with van der Waals surface area (Å²) in [7, 11) is 1.93. The van der Waals surface area contributed by atoms with Gasteiger partial charge in [0, 0.05) is 18.8 Å². The highest BCUT2D eigenvalue weighted by molar-refractivity contribution is 5.75. The van der Waals surface area contributed by atoms with Gasteiger partial charge in [0.25, 0.3) is 0 Å². The Morgan fingerprint density at radius 1 is 1.50 bits per heavy atom. The zero-order valence-corrected chi connectivity index (χ0v) is 14.2. The molecule has 1 aliphatic rings. The summed E-state index contributed by atoms with van der Waals surface area (Å²) in [4.78, 5) is 12.2. The highest BCUT2D eigenvalue weighted by atomic mass is 16.3. The second-order valence-electron chi connectivity index (χ2n) is 6.83. The average Bonchev–Trinajstić information content (AvgIpc) is 3.25. The zero-order chi connectivity index (χ0) is 16.5. The summed E-state index contributed by atoms with van der Waals surface area (Å²) in [5, 5.41) is 19.8. The Morgan fingerprint density at radius 3 is 2.59 bits per heavy atom. The summed E-state index contributed by atoms with van der Waals surface area (Å²) < 4.78 is 1.87. The molecule has 1 aliphatic carbocycles. The Labute approximate surface area is 132 Å². The molecule has 1 heterocycles. The standard InChI is InChI=1S/C16H28N4O2/c1-10(8-14-11(2)19-20(5)12(14)3)17-15(22)18-16(4,9-21)13-6-7-13/h10,13,21H,6-9H2,1-5H3,(H2,17,18,22). The first-order valence-corrected chi connectivity index (χ1v) is 7.95. The average molecular weight is 308 g/mol. The molecule has 0 spiro atoms. The molecular formula is C16H28N4O2. The van der Waals surface area contributed by atoms with Crippen LogP contribution in [-0.4, -0.2) is 39.1 Å². The molecule has 2 amide bonds. The van der Waals surface area contributed by atoms with Crippen molar-refractivity contribution >= 4 is 6.03 Å². The molecule has 2 unspecified atom stereocenters. The van der Waals surface area contributed by atoms with Crippen molar-refractivity contribution in [2.75, 3.05) is 6.61 Å². The van der Waals surface area contributed by atoms with Crippen LogP contribution in [0.5, 0.6) is 0 Å². The van der Waals surface area contributed by atoms with Crippen LogP contribution in [0, 0.1) is 19.8 Å². The van der Waals surface area contributed by atoms with Gasteiger partial charge in [-0.3, -0.25) is 4.68 Å². The van der Waals surface area contributed by atoms with E-state index in [2.05, 4.69) is 15.7 Å². The van der Waals surface area contributed by atoms with E-state index in [0.717, 1.165) is 30.7 Å². The van der Waals surface area contributed by atoms with Crippen LogP contribution >= 0.6 is 0 Å². The van der Waals surface area contributed by atoms with Gasteiger partial charge in [-0.15, -0.1) is 0 Å². The lowest BCUT2D eigenvalue weighted by Gasteiger charge is -2.29. The van der Waals surface area contributed by atoms with Crippen LogP contribution in [0.1, 0.15) is 43.6 Å². The van der Waals surface area contributed by atoms with Gasteiger partial charge in [-0.2, -0.15) is 5.10 Å². The first-order valence-electron chi connectivity index (χ1n) is 7.95. The summed E-state index contributed by atoms with van der Waals surface area (Å²) in [6, 6.07) is -0.209. The minimum absolute atomic E-state index is 0.00347. The van der Waals surface area contributed by atoms with Gasteiger partial charge in [0.2, 0.25) is 0 Å². The monoisotopic (exact) mass is 308 g/mol. The van der Waals surface area contributed by atoms with Crippen molar-refractivity contribution < 1.29 is 9.90 Å². The lowest BCUT2D eigenvalue weighted by molar-refractivity contribution is 0.154. The van der Waals surface area contributed by atoms with Crippen molar-refractivity contribution in [1.29, 1.82) is 0 Å². The van der Waals surface area contributed by atoms with E-state index in [1.165, 1.54) is 5.56 Å². The van der Waals surface area contributed by atoms with E-state index in [-0.39, 0.29) is 18.7 Å². The molecule has 0 saturated heterocycles. The molecular weight excluding hydrogens is 280 g/mol. The summed E-state index contributed by atoms with van der Waals surface area (Å²) in [6.07, 6.45) is 2.89. The molecule has 6 heteroatoms. The second-order valence-corrected chi connectivity index (χ2v) is 6.83. The van der Waals surface area contributed by atoms with Gasteiger partial charge in [-0.1, -0.05) is 0 Å². The second kappa shape index (κ2) is 6.28. The fraction of sp³-hybridized carbons (Fsp3) is 0.750. The van der Waals surface area contributed by atoms with Gasteiger partial charge in [0.1, 0.15) is 0 Å². The van der Waals surface area contributed by atoms with Crippen LogP contribution in [0.2, 0.25) is 0 Å². The Hall–Kier alpha value is -1.56. The van der Waals surface area contributed by atoms with E-state index in [0.29, 0.717) is 5.92 Å². The summed E-state index contributed by atoms with van der Waals surface area (Å²) >= 11 is 0. The molecule has 3 N–H and O–H groups in total. The van der Waals surface area contributed by atoms with Crippen molar-refractivity contribution in [3.05, 3.63) is 17.0 Å². The third kappa shape index (κ3) is 3.61. The van der Waals surface area contributed by atoms with Gasteiger partial charge in [-0.25, -0.2) is 4.79 Å². The largest absolute Gasteiger partial charge is 0.394 e. The number of aryl methyl sites for hydroxylation is 2. The molecule has 0 aromatic carbocycles. The third-order valence-electron chi connectivity index (χ3n) is 4.75. The minimum Gasteiger partial charge on any atom is -0.394 e. The van der Waals surface area contributed by atoms with Gasteiger partial charge in [0.05, 0.1) is 17.8 Å². The number of aliphatic hydroxyl groups excluding tert-OH is 1. The SMILES string of the molecule is Cc1nn(C)c(C)c1CC(C)NC(=O)NC(C)(CO)C1CC1. The smallest absolute Gasteiger partial charge is 0.315 e. The lowest BCUT2D eigenvalue weighted by Crippen LogP contribution is -2.55. The molecule has 22 heavy (non-hydrogen) atoms. The Balaban J connectivity index is 1.91. The number of carbonyl (C=O) groups is 1. The molecule has 1 aromatic rings. The number of carbonyl (C=O) groups excluding carboxylic acids is 1. The van der Waals surface area contributed by atoms with E-state index >= 15 is 0 Å². The van der Waals surface area contributed by atoms with Crippen LogP contribution in [0.4, 0.5) is 4.79 Å². The number of aliphatic hydroxyl groups is 1. The first kappa shape index (κ1) is 16.8. The van der Waals surface area contributed by atoms with E-state index in [9.17, 15) is 9.90 Å². The molecule has 1 aromatic heterocycles. The normalized spacial score (nSPS) is 18.6. The highest BCUT2D eigenvalue weighted by Gasteiger charge is 2.42. The van der Waals surface area contributed by atoms with Gasteiger partial charge in [0.15, 0.2) is 0 Å².